The lowest BCUT2D eigenvalue weighted by Gasteiger charge is -2.29. The molecule has 0 aromatic heterocycles. The molecule has 3 rings (SSSR count). The van der Waals surface area contributed by atoms with E-state index in [1.54, 1.807) is 6.07 Å². The molecule has 2 heterocycles. The lowest BCUT2D eigenvalue weighted by atomic mass is 9.80. The average Bonchev–Trinajstić information content (AvgIpc) is 2.95. The van der Waals surface area contributed by atoms with Crippen molar-refractivity contribution in [2.75, 3.05) is 0 Å². The Morgan fingerprint density at radius 3 is 2.68 bits per heavy atom. The molecule has 4 atom stereocenters. The maximum absolute atomic E-state index is 14.3. The van der Waals surface area contributed by atoms with Crippen LogP contribution in [0.5, 0.6) is 0 Å². The summed E-state index contributed by atoms with van der Waals surface area (Å²) < 4.78 is 20.2. The summed E-state index contributed by atoms with van der Waals surface area (Å²) in [7, 11) is 0. The van der Waals surface area contributed by atoms with E-state index in [1.807, 2.05) is 19.9 Å². The van der Waals surface area contributed by atoms with Gasteiger partial charge in [0.2, 0.25) is 0 Å². The highest BCUT2D eigenvalue weighted by Crippen LogP contribution is 2.45. The molecule has 2 aliphatic rings. The Morgan fingerprint density at radius 2 is 2.16 bits per heavy atom. The van der Waals surface area contributed by atoms with Crippen molar-refractivity contribution in [1.29, 1.82) is 0 Å². The third kappa shape index (κ3) is 2.18. The van der Waals surface area contributed by atoms with Gasteiger partial charge in [-0.2, -0.15) is 0 Å². The van der Waals surface area contributed by atoms with Crippen molar-refractivity contribution in [3.8, 4) is 0 Å². The Hall–Kier alpha value is -0.970. The fourth-order valence-electron chi connectivity index (χ4n) is 3.77. The van der Waals surface area contributed by atoms with E-state index in [9.17, 15) is 4.39 Å². The van der Waals surface area contributed by atoms with E-state index >= 15 is 0 Å². The van der Waals surface area contributed by atoms with E-state index < -0.39 is 0 Å². The number of halogens is 1. The highest BCUT2D eigenvalue weighted by Gasteiger charge is 2.45. The molecule has 2 aliphatic heterocycles. The van der Waals surface area contributed by atoms with Crippen LogP contribution in [0.3, 0.4) is 0 Å². The highest BCUT2D eigenvalue weighted by atomic mass is 19.1. The van der Waals surface area contributed by atoms with Gasteiger partial charge in [0.15, 0.2) is 0 Å². The van der Waals surface area contributed by atoms with Gasteiger partial charge in [0.05, 0.1) is 18.2 Å². The molecule has 4 heteroatoms. The zero-order valence-corrected chi connectivity index (χ0v) is 11.4. The van der Waals surface area contributed by atoms with Crippen LogP contribution in [-0.4, -0.2) is 12.2 Å². The molecular weight excluding hydrogens is 243 g/mol. The van der Waals surface area contributed by atoms with E-state index in [0.717, 1.165) is 30.4 Å². The van der Waals surface area contributed by atoms with E-state index in [2.05, 4.69) is 5.43 Å². The van der Waals surface area contributed by atoms with Gasteiger partial charge in [-0.1, -0.05) is 6.07 Å². The van der Waals surface area contributed by atoms with Crippen LogP contribution < -0.4 is 11.3 Å². The molecule has 0 amide bonds. The second kappa shape index (κ2) is 4.85. The smallest absolute Gasteiger partial charge is 0.128 e. The third-order valence-corrected chi connectivity index (χ3v) is 4.55. The molecule has 1 aromatic carbocycles. The molecule has 0 aliphatic carbocycles. The Morgan fingerprint density at radius 1 is 1.37 bits per heavy atom. The van der Waals surface area contributed by atoms with Crippen LogP contribution in [0.1, 0.15) is 42.0 Å². The predicted octanol–water partition coefficient (Wildman–Crippen LogP) is 2.51. The van der Waals surface area contributed by atoms with Crippen molar-refractivity contribution in [1.82, 2.24) is 5.43 Å². The number of ether oxygens (including phenoxy) is 1. The van der Waals surface area contributed by atoms with Crippen molar-refractivity contribution >= 4 is 0 Å². The predicted molar refractivity (Wildman–Crippen MR) is 71.9 cm³/mol. The van der Waals surface area contributed by atoms with Gasteiger partial charge in [0.1, 0.15) is 5.82 Å². The molecule has 2 bridgehead atoms. The van der Waals surface area contributed by atoms with Crippen LogP contribution in [-0.2, 0) is 4.74 Å². The van der Waals surface area contributed by atoms with Gasteiger partial charge >= 0.3 is 0 Å². The van der Waals surface area contributed by atoms with Gasteiger partial charge in [0.25, 0.3) is 0 Å². The Labute approximate surface area is 113 Å². The lowest BCUT2D eigenvalue weighted by Crippen LogP contribution is -2.38. The topological polar surface area (TPSA) is 47.3 Å². The first-order chi connectivity index (χ1) is 9.10. The molecule has 1 aromatic rings. The quantitative estimate of drug-likeness (QED) is 0.651. The molecule has 19 heavy (non-hydrogen) atoms. The number of nitrogens with two attached hydrogens (primary N) is 1. The van der Waals surface area contributed by atoms with Gasteiger partial charge in [-0.05, 0) is 50.3 Å². The van der Waals surface area contributed by atoms with Gasteiger partial charge in [-0.15, -0.1) is 0 Å². The lowest BCUT2D eigenvalue weighted by molar-refractivity contribution is 0.0853. The number of hydrazine groups is 1. The Balaban J connectivity index is 1.95. The van der Waals surface area contributed by atoms with E-state index in [-0.39, 0.29) is 23.9 Å². The van der Waals surface area contributed by atoms with Crippen LogP contribution in [0, 0.1) is 25.6 Å². The van der Waals surface area contributed by atoms with Crippen molar-refractivity contribution < 1.29 is 9.13 Å². The van der Waals surface area contributed by atoms with Crippen LogP contribution >= 0.6 is 0 Å². The first-order valence-electron chi connectivity index (χ1n) is 6.98. The van der Waals surface area contributed by atoms with Gasteiger partial charge < -0.3 is 4.74 Å². The van der Waals surface area contributed by atoms with Gasteiger partial charge in [0, 0.05) is 11.5 Å². The van der Waals surface area contributed by atoms with E-state index in [0.29, 0.717) is 11.7 Å². The number of benzene rings is 1. The monoisotopic (exact) mass is 264 g/mol. The van der Waals surface area contributed by atoms with Crippen LogP contribution in [0.2, 0.25) is 0 Å². The van der Waals surface area contributed by atoms with Gasteiger partial charge in [-0.25, -0.2) is 4.39 Å². The fraction of sp³-hybridized carbons (Fsp3) is 0.600. The highest BCUT2D eigenvalue weighted by molar-refractivity contribution is 5.35. The average molecular weight is 264 g/mol. The molecule has 0 spiro atoms. The summed E-state index contributed by atoms with van der Waals surface area (Å²) in [5, 5.41) is 0. The minimum Gasteiger partial charge on any atom is -0.375 e. The summed E-state index contributed by atoms with van der Waals surface area (Å²) in [5.41, 5.74) is 5.43. The van der Waals surface area contributed by atoms with Crippen molar-refractivity contribution in [2.45, 2.75) is 51.4 Å². The Kier molecular flexibility index (Phi) is 3.33. The molecule has 3 nitrogen and oxygen atoms in total. The van der Waals surface area contributed by atoms with Crippen molar-refractivity contribution in [3.05, 3.63) is 34.6 Å². The summed E-state index contributed by atoms with van der Waals surface area (Å²) in [6.07, 6.45) is 3.76. The molecule has 0 radical (unpaired) electrons. The minimum absolute atomic E-state index is 0.157. The third-order valence-electron chi connectivity index (χ3n) is 4.55. The largest absolute Gasteiger partial charge is 0.375 e. The number of hydrogen-bond acceptors (Lipinski definition) is 3. The summed E-state index contributed by atoms with van der Waals surface area (Å²) in [6, 6.07) is 3.44. The summed E-state index contributed by atoms with van der Waals surface area (Å²) in [6.45, 7) is 3.86. The fourth-order valence-corrected chi connectivity index (χ4v) is 3.77. The van der Waals surface area contributed by atoms with Crippen LogP contribution in [0.25, 0.3) is 0 Å². The van der Waals surface area contributed by atoms with Crippen LogP contribution in [0.4, 0.5) is 4.39 Å². The van der Waals surface area contributed by atoms with E-state index in [4.69, 9.17) is 10.6 Å². The molecule has 0 saturated carbocycles. The first-order valence-corrected chi connectivity index (χ1v) is 6.98. The first kappa shape index (κ1) is 13.0. The molecule has 4 unspecified atom stereocenters. The molecule has 104 valence electrons. The van der Waals surface area contributed by atoms with Gasteiger partial charge in [-0.3, -0.25) is 11.3 Å². The molecule has 3 N–H and O–H groups in total. The molecular formula is C15H21FN2O. The second-order valence-electron chi connectivity index (χ2n) is 5.90. The number of fused-ring (bicyclic) bond motifs is 2. The maximum atomic E-state index is 14.3. The maximum Gasteiger partial charge on any atom is 0.128 e. The number of rotatable bonds is 3. The summed E-state index contributed by atoms with van der Waals surface area (Å²) in [4.78, 5) is 0. The van der Waals surface area contributed by atoms with Crippen molar-refractivity contribution in [3.63, 3.8) is 0 Å². The number of hydrogen-bond donors (Lipinski definition) is 2. The SMILES string of the molecule is Cc1cc(C)c(C(NN)C2CC3CCC2O3)c(F)c1. The molecule has 2 saturated heterocycles. The molecule has 2 fully saturated rings. The summed E-state index contributed by atoms with van der Waals surface area (Å²) in [5.74, 6) is 5.83. The van der Waals surface area contributed by atoms with Crippen LogP contribution in [0.15, 0.2) is 12.1 Å². The zero-order valence-electron chi connectivity index (χ0n) is 11.4. The standard InChI is InChI=1S/C15H21FN2O/c1-8-5-9(2)14(12(16)6-8)15(18-17)11-7-10-3-4-13(11)19-10/h5-6,10-11,13,15,18H,3-4,7,17H2,1-2H3. The minimum atomic E-state index is -0.164. The summed E-state index contributed by atoms with van der Waals surface area (Å²) >= 11 is 0. The Bertz CT molecular complexity index is 468. The normalized spacial score (nSPS) is 30.8. The number of nitrogens with one attached hydrogen (secondary N) is 1. The number of aryl methyl sites for hydroxylation is 2. The zero-order chi connectivity index (χ0) is 13.6. The van der Waals surface area contributed by atoms with E-state index in [1.165, 1.54) is 0 Å². The van der Waals surface area contributed by atoms with Crippen molar-refractivity contribution in [2.24, 2.45) is 11.8 Å². The second-order valence-corrected chi connectivity index (χ2v) is 5.90.